The summed E-state index contributed by atoms with van der Waals surface area (Å²) in [7, 11) is 0. The van der Waals surface area contributed by atoms with E-state index in [1.807, 2.05) is 32.0 Å². The lowest BCUT2D eigenvalue weighted by Crippen LogP contribution is -2.37. The summed E-state index contributed by atoms with van der Waals surface area (Å²) in [6.07, 6.45) is 0.257. The average Bonchev–Trinajstić information content (AvgIpc) is 2.61. The zero-order valence-electron chi connectivity index (χ0n) is 15.4. The van der Waals surface area contributed by atoms with Gasteiger partial charge in [-0.1, -0.05) is 56.3 Å². The van der Waals surface area contributed by atoms with Gasteiger partial charge in [0.1, 0.15) is 6.04 Å². The summed E-state index contributed by atoms with van der Waals surface area (Å²) in [5, 5.41) is 14.4. The molecule has 0 bridgehead atoms. The Bertz CT molecular complexity index is 786. The van der Waals surface area contributed by atoms with E-state index in [0.717, 1.165) is 0 Å². The van der Waals surface area contributed by atoms with Gasteiger partial charge in [0.2, 0.25) is 5.91 Å². The van der Waals surface area contributed by atoms with Crippen molar-refractivity contribution in [2.45, 2.75) is 32.7 Å². The molecule has 0 aliphatic heterocycles. The van der Waals surface area contributed by atoms with Gasteiger partial charge in [0.25, 0.3) is 5.91 Å². The number of hydrogen-bond acceptors (Lipinski definition) is 3. The number of rotatable bonds is 8. The van der Waals surface area contributed by atoms with Gasteiger partial charge in [-0.15, -0.1) is 0 Å². The molecule has 0 heterocycles. The van der Waals surface area contributed by atoms with E-state index >= 15 is 0 Å². The highest BCUT2D eigenvalue weighted by Gasteiger charge is 2.23. The first-order valence-corrected chi connectivity index (χ1v) is 8.81. The topological polar surface area (TPSA) is 95.5 Å². The van der Waals surface area contributed by atoms with Crippen LogP contribution in [0.2, 0.25) is 0 Å². The van der Waals surface area contributed by atoms with Gasteiger partial charge in [0, 0.05) is 12.1 Å². The van der Waals surface area contributed by atoms with E-state index in [-0.39, 0.29) is 24.2 Å². The Balaban J connectivity index is 2.13. The first kappa shape index (κ1) is 20.2. The van der Waals surface area contributed by atoms with Gasteiger partial charge < -0.3 is 15.7 Å². The number of carboxylic acid groups (broad SMARTS) is 1. The van der Waals surface area contributed by atoms with Crippen molar-refractivity contribution in [1.29, 1.82) is 0 Å². The zero-order valence-corrected chi connectivity index (χ0v) is 15.4. The third kappa shape index (κ3) is 6.58. The third-order valence-corrected chi connectivity index (χ3v) is 3.87. The fourth-order valence-corrected chi connectivity index (χ4v) is 2.63. The Hall–Kier alpha value is -3.15. The van der Waals surface area contributed by atoms with E-state index in [0.29, 0.717) is 23.2 Å². The van der Waals surface area contributed by atoms with Crippen molar-refractivity contribution in [3.63, 3.8) is 0 Å². The molecule has 1 unspecified atom stereocenters. The molecule has 0 saturated heterocycles. The largest absolute Gasteiger partial charge is 0.481 e. The molecule has 0 saturated carbocycles. The number of aliphatic carboxylic acids is 1. The fourth-order valence-electron chi connectivity index (χ4n) is 2.63. The van der Waals surface area contributed by atoms with E-state index in [1.165, 1.54) is 0 Å². The lowest BCUT2D eigenvalue weighted by molar-refractivity contribution is -0.136. The molecule has 2 rings (SSSR count). The molecule has 0 radical (unpaired) electrons. The Morgan fingerprint density at radius 2 is 1.59 bits per heavy atom. The number of nitrogens with one attached hydrogen (secondary N) is 2. The van der Waals surface area contributed by atoms with E-state index in [1.54, 1.807) is 36.4 Å². The molecule has 142 valence electrons. The Kier molecular flexibility index (Phi) is 7.11. The van der Waals surface area contributed by atoms with E-state index in [2.05, 4.69) is 10.6 Å². The van der Waals surface area contributed by atoms with Crippen molar-refractivity contribution < 1.29 is 19.5 Å². The summed E-state index contributed by atoms with van der Waals surface area (Å²) in [5.74, 6) is -1.27. The molecule has 6 heteroatoms. The molecule has 0 spiro atoms. The maximum Gasteiger partial charge on any atom is 0.307 e. The summed E-state index contributed by atoms with van der Waals surface area (Å²) in [6.45, 7) is 3.88. The Labute approximate surface area is 158 Å². The van der Waals surface area contributed by atoms with Crippen molar-refractivity contribution in [2.75, 3.05) is 5.32 Å². The van der Waals surface area contributed by atoms with Crippen LogP contribution in [0.4, 0.5) is 5.69 Å². The van der Waals surface area contributed by atoms with Gasteiger partial charge in [-0.2, -0.15) is 0 Å². The molecule has 1 atom stereocenters. The summed E-state index contributed by atoms with van der Waals surface area (Å²) in [6, 6.07) is 14.8. The predicted octanol–water partition coefficient (Wildman–Crippen LogP) is 3.16. The molecule has 0 aromatic heterocycles. The number of carboxylic acids is 1. The van der Waals surface area contributed by atoms with Crippen LogP contribution in [0.15, 0.2) is 54.6 Å². The van der Waals surface area contributed by atoms with E-state index in [9.17, 15) is 14.4 Å². The normalized spacial score (nSPS) is 11.7. The first-order chi connectivity index (χ1) is 12.8. The number of anilines is 1. The van der Waals surface area contributed by atoms with Crippen molar-refractivity contribution >= 4 is 23.5 Å². The highest BCUT2D eigenvalue weighted by Crippen LogP contribution is 2.17. The molecule has 2 aromatic carbocycles. The lowest BCUT2D eigenvalue weighted by Gasteiger charge is -2.19. The maximum absolute atomic E-state index is 12.8. The summed E-state index contributed by atoms with van der Waals surface area (Å²) >= 11 is 0. The Morgan fingerprint density at radius 1 is 0.963 bits per heavy atom. The smallest absolute Gasteiger partial charge is 0.307 e. The molecule has 0 aliphatic rings. The molecule has 2 aromatic rings. The van der Waals surface area contributed by atoms with Crippen LogP contribution < -0.4 is 10.6 Å². The van der Waals surface area contributed by atoms with Gasteiger partial charge >= 0.3 is 5.97 Å². The van der Waals surface area contributed by atoms with E-state index in [4.69, 9.17) is 5.11 Å². The van der Waals surface area contributed by atoms with Crippen LogP contribution >= 0.6 is 0 Å². The van der Waals surface area contributed by atoms with Crippen LogP contribution in [-0.4, -0.2) is 22.9 Å². The number of hydrogen-bond donors (Lipinski definition) is 3. The van der Waals surface area contributed by atoms with Crippen molar-refractivity contribution in [1.82, 2.24) is 5.32 Å². The van der Waals surface area contributed by atoms with Crippen LogP contribution in [0, 0.1) is 5.92 Å². The van der Waals surface area contributed by atoms with Gasteiger partial charge in [0.15, 0.2) is 0 Å². The van der Waals surface area contributed by atoms with Crippen molar-refractivity contribution in [3.8, 4) is 0 Å². The number of amides is 2. The number of carbonyl (C=O) groups is 3. The second kappa shape index (κ2) is 9.52. The second-order valence-electron chi connectivity index (χ2n) is 6.77. The average molecular weight is 368 g/mol. The summed E-state index contributed by atoms with van der Waals surface area (Å²) in [5.41, 5.74) is 1.87. The third-order valence-electron chi connectivity index (χ3n) is 3.87. The number of benzene rings is 2. The zero-order chi connectivity index (χ0) is 19.8. The fraction of sp³-hybridized carbons (Fsp3) is 0.286. The molecular formula is C21H24N2O4. The van der Waals surface area contributed by atoms with Gasteiger partial charge in [0.05, 0.1) is 6.42 Å². The predicted molar refractivity (Wildman–Crippen MR) is 103 cm³/mol. The number of carbonyl (C=O) groups excluding carboxylic acids is 2. The minimum absolute atomic E-state index is 0.0773. The monoisotopic (exact) mass is 368 g/mol. The molecule has 0 fully saturated rings. The van der Waals surface area contributed by atoms with Crippen LogP contribution in [-0.2, 0) is 20.8 Å². The second-order valence-corrected chi connectivity index (χ2v) is 6.77. The lowest BCUT2D eigenvalue weighted by atomic mass is 10.0. The molecule has 3 N–H and O–H groups in total. The van der Waals surface area contributed by atoms with Gasteiger partial charge in [-0.3, -0.25) is 14.4 Å². The minimum Gasteiger partial charge on any atom is -0.481 e. The minimum atomic E-state index is -0.913. The van der Waals surface area contributed by atoms with Crippen LogP contribution in [0.1, 0.15) is 37.4 Å². The molecule has 27 heavy (non-hydrogen) atoms. The van der Waals surface area contributed by atoms with Crippen LogP contribution in [0.5, 0.6) is 0 Å². The van der Waals surface area contributed by atoms with Crippen molar-refractivity contribution in [2.24, 2.45) is 5.92 Å². The highest BCUT2D eigenvalue weighted by molar-refractivity contribution is 5.97. The first-order valence-electron chi connectivity index (χ1n) is 8.81. The molecular weight excluding hydrogens is 344 g/mol. The van der Waals surface area contributed by atoms with Gasteiger partial charge in [-0.25, -0.2) is 0 Å². The van der Waals surface area contributed by atoms with Crippen LogP contribution in [0.25, 0.3) is 0 Å². The maximum atomic E-state index is 12.8. The molecule has 2 amide bonds. The summed E-state index contributed by atoms with van der Waals surface area (Å²) < 4.78 is 0. The van der Waals surface area contributed by atoms with E-state index < -0.39 is 12.0 Å². The van der Waals surface area contributed by atoms with Gasteiger partial charge in [-0.05, 0) is 29.2 Å². The summed E-state index contributed by atoms with van der Waals surface area (Å²) in [4.78, 5) is 35.7. The highest BCUT2D eigenvalue weighted by atomic mass is 16.4. The SMILES string of the molecule is CC(C)CC(=O)NC(C(=O)Nc1ccc(CC(=O)O)cc1)c1ccccc1. The quantitative estimate of drug-likeness (QED) is 0.667. The molecule has 6 nitrogen and oxygen atoms in total. The van der Waals surface area contributed by atoms with Crippen LogP contribution in [0.3, 0.4) is 0 Å². The standard InChI is InChI=1S/C21H24N2O4/c1-14(2)12-18(24)23-20(16-6-4-3-5-7-16)21(27)22-17-10-8-15(9-11-17)13-19(25)26/h3-11,14,20H,12-13H2,1-2H3,(H,22,27)(H,23,24)(H,25,26). The molecule has 0 aliphatic carbocycles. The van der Waals surface area contributed by atoms with Crippen molar-refractivity contribution in [3.05, 3.63) is 65.7 Å². The Morgan fingerprint density at radius 3 is 2.15 bits per heavy atom.